The van der Waals surface area contributed by atoms with Crippen LogP contribution in [0, 0.1) is 5.92 Å². The second-order valence-electron chi connectivity index (χ2n) is 3.77. The van der Waals surface area contributed by atoms with Crippen molar-refractivity contribution in [2.24, 2.45) is 11.7 Å². The van der Waals surface area contributed by atoms with Crippen molar-refractivity contribution >= 4 is 17.9 Å². The van der Waals surface area contributed by atoms with Crippen molar-refractivity contribution in [3.63, 3.8) is 0 Å². The Morgan fingerprint density at radius 2 is 2.12 bits per heavy atom. The first kappa shape index (κ1) is 13.4. The molecule has 1 atom stereocenters. The molecular formula is C10H16N2O5. The van der Waals surface area contributed by atoms with Gasteiger partial charge >= 0.3 is 6.09 Å². The van der Waals surface area contributed by atoms with E-state index in [2.05, 4.69) is 4.74 Å². The summed E-state index contributed by atoms with van der Waals surface area (Å²) in [6.45, 7) is 2.44. The molecule has 1 fully saturated rings. The summed E-state index contributed by atoms with van der Waals surface area (Å²) in [5.41, 5.74) is 4.74. The summed E-state index contributed by atoms with van der Waals surface area (Å²) < 4.78 is 9.54. The molecule has 0 aliphatic carbocycles. The molecule has 2 N–H and O–H groups in total. The number of carbonyl (C=O) groups excluding carboxylic acids is 3. The average Bonchev–Trinajstić information content (AvgIpc) is 2.48. The van der Waals surface area contributed by atoms with Gasteiger partial charge in [0.2, 0.25) is 11.8 Å². The van der Waals surface area contributed by atoms with Crippen LogP contribution in [0.25, 0.3) is 0 Å². The Labute approximate surface area is 98.8 Å². The Kier molecular flexibility index (Phi) is 4.89. The van der Waals surface area contributed by atoms with Crippen LogP contribution in [-0.4, -0.2) is 49.2 Å². The summed E-state index contributed by atoms with van der Waals surface area (Å²) in [5, 5.41) is 0. The molecule has 0 aromatic carbocycles. The van der Waals surface area contributed by atoms with Gasteiger partial charge in [0.05, 0.1) is 19.8 Å². The highest BCUT2D eigenvalue weighted by molar-refractivity contribution is 6.03. The Balaban J connectivity index is 2.12. The van der Waals surface area contributed by atoms with Crippen molar-refractivity contribution in [1.29, 1.82) is 0 Å². The lowest BCUT2D eigenvalue weighted by Crippen LogP contribution is -2.33. The fraction of sp³-hybridized carbons (Fsp3) is 0.700. The third-order valence-corrected chi connectivity index (χ3v) is 2.40. The zero-order chi connectivity index (χ0) is 12.8. The number of imide groups is 1. The minimum absolute atomic E-state index is 0.0631. The van der Waals surface area contributed by atoms with Crippen molar-refractivity contribution in [2.45, 2.75) is 13.3 Å². The maximum Gasteiger partial charge on any atom is 0.404 e. The number of hydrogen-bond donors (Lipinski definition) is 1. The summed E-state index contributed by atoms with van der Waals surface area (Å²) in [5.74, 6) is -0.563. The third kappa shape index (κ3) is 4.03. The molecule has 3 amide bonds. The van der Waals surface area contributed by atoms with E-state index in [0.717, 1.165) is 0 Å². The van der Waals surface area contributed by atoms with Crippen LogP contribution in [0.3, 0.4) is 0 Å². The molecule has 1 saturated heterocycles. The van der Waals surface area contributed by atoms with Gasteiger partial charge in [0.15, 0.2) is 0 Å². The minimum atomic E-state index is -0.854. The SMILES string of the molecule is CC1CC(=O)N(CCOCCOC(N)=O)C1=O. The summed E-state index contributed by atoms with van der Waals surface area (Å²) in [6, 6.07) is 0. The van der Waals surface area contributed by atoms with Gasteiger partial charge in [-0.15, -0.1) is 0 Å². The first-order valence-electron chi connectivity index (χ1n) is 5.36. The first-order valence-corrected chi connectivity index (χ1v) is 5.36. The molecule has 7 heteroatoms. The molecule has 17 heavy (non-hydrogen) atoms. The second-order valence-corrected chi connectivity index (χ2v) is 3.77. The minimum Gasteiger partial charge on any atom is -0.447 e. The molecule has 0 aromatic rings. The van der Waals surface area contributed by atoms with Crippen LogP contribution in [0.2, 0.25) is 0 Å². The van der Waals surface area contributed by atoms with E-state index < -0.39 is 6.09 Å². The van der Waals surface area contributed by atoms with Crippen LogP contribution in [0.1, 0.15) is 13.3 Å². The average molecular weight is 244 g/mol. The van der Waals surface area contributed by atoms with Gasteiger partial charge in [0, 0.05) is 12.3 Å². The standard InChI is InChI=1S/C10H16N2O5/c1-7-6-8(13)12(9(7)14)2-3-16-4-5-17-10(11)15/h7H,2-6H2,1H3,(H2,11,15). The molecule has 0 bridgehead atoms. The molecule has 1 heterocycles. The quantitative estimate of drug-likeness (QED) is 0.501. The molecule has 0 spiro atoms. The number of hydrogen-bond acceptors (Lipinski definition) is 5. The molecule has 0 saturated carbocycles. The van der Waals surface area contributed by atoms with E-state index in [1.54, 1.807) is 6.92 Å². The predicted octanol–water partition coefficient (Wildman–Crippen LogP) is -0.507. The van der Waals surface area contributed by atoms with E-state index in [1.807, 2.05) is 0 Å². The Morgan fingerprint density at radius 1 is 1.41 bits per heavy atom. The molecule has 1 aliphatic heterocycles. The van der Waals surface area contributed by atoms with E-state index in [1.165, 1.54) is 4.90 Å². The maximum atomic E-state index is 11.5. The lowest BCUT2D eigenvalue weighted by Gasteiger charge is -2.14. The number of rotatable bonds is 6. The van der Waals surface area contributed by atoms with Crippen molar-refractivity contribution in [2.75, 3.05) is 26.4 Å². The Morgan fingerprint density at radius 3 is 2.65 bits per heavy atom. The fourth-order valence-electron chi connectivity index (χ4n) is 1.54. The summed E-state index contributed by atoms with van der Waals surface area (Å²) in [4.78, 5) is 34.3. The second kappa shape index (κ2) is 6.19. The number of nitrogens with two attached hydrogens (primary N) is 1. The largest absolute Gasteiger partial charge is 0.447 e. The first-order chi connectivity index (χ1) is 8.02. The van der Waals surface area contributed by atoms with Crippen LogP contribution in [0.4, 0.5) is 4.79 Å². The monoisotopic (exact) mass is 244 g/mol. The van der Waals surface area contributed by atoms with Gasteiger partial charge in [-0.25, -0.2) is 4.79 Å². The zero-order valence-corrected chi connectivity index (χ0v) is 9.68. The van der Waals surface area contributed by atoms with Crippen molar-refractivity contribution in [3.8, 4) is 0 Å². The summed E-state index contributed by atoms with van der Waals surface area (Å²) in [7, 11) is 0. The van der Waals surface area contributed by atoms with Gasteiger partial charge in [-0.05, 0) is 0 Å². The highest BCUT2D eigenvalue weighted by atomic mass is 16.6. The van der Waals surface area contributed by atoms with E-state index in [-0.39, 0.29) is 50.5 Å². The van der Waals surface area contributed by atoms with E-state index >= 15 is 0 Å². The molecule has 7 nitrogen and oxygen atoms in total. The highest BCUT2D eigenvalue weighted by Gasteiger charge is 2.34. The molecule has 96 valence electrons. The van der Waals surface area contributed by atoms with Crippen molar-refractivity contribution < 1.29 is 23.9 Å². The number of primary amides is 1. The maximum absolute atomic E-state index is 11.5. The van der Waals surface area contributed by atoms with Crippen LogP contribution in [0.15, 0.2) is 0 Å². The summed E-state index contributed by atoms with van der Waals surface area (Å²) in [6.07, 6.45) is -0.587. The van der Waals surface area contributed by atoms with Crippen LogP contribution >= 0.6 is 0 Å². The van der Waals surface area contributed by atoms with Gasteiger partial charge in [-0.1, -0.05) is 6.92 Å². The van der Waals surface area contributed by atoms with Gasteiger partial charge in [0.25, 0.3) is 0 Å². The van der Waals surface area contributed by atoms with Crippen LogP contribution in [-0.2, 0) is 19.1 Å². The van der Waals surface area contributed by atoms with Gasteiger partial charge in [-0.2, -0.15) is 0 Å². The number of amides is 3. The molecule has 1 rings (SSSR count). The van der Waals surface area contributed by atoms with Crippen molar-refractivity contribution in [3.05, 3.63) is 0 Å². The van der Waals surface area contributed by atoms with Gasteiger partial charge in [0.1, 0.15) is 6.61 Å². The normalized spacial score (nSPS) is 19.8. The van der Waals surface area contributed by atoms with Crippen LogP contribution < -0.4 is 5.73 Å². The van der Waals surface area contributed by atoms with Crippen molar-refractivity contribution in [1.82, 2.24) is 4.90 Å². The predicted molar refractivity (Wildman–Crippen MR) is 56.9 cm³/mol. The number of nitrogens with zero attached hydrogens (tertiary/aromatic N) is 1. The lowest BCUT2D eigenvalue weighted by molar-refractivity contribution is -0.140. The van der Waals surface area contributed by atoms with Gasteiger partial charge < -0.3 is 15.2 Å². The van der Waals surface area contributed by atoms with E-state index in [0.29, 0.717) is 0 Å². The molecule has 0 aromatic heterocycles. The molecule has 1 aliphatic rings. The van der Waals surface area contributed by atoms with E-state index in [4.69, 9.17) is 10.5 Å². The highest BCUT2D eigenvalue weighted by Crippen LogP contribution is 2.17. The summed E-state index contributed by atoms with van der Waals surface area (Å²) >= 11 is 0. The van der Waals surface area contributed by atoms with E-state index in [9.17, 15) is 14.4 Å². The molecule has 0 radical (unpaired) electrons. The molecular weight excluding hydrogens is 228 g/mol. The lowest BCUT2D eigenvalue weighted by atomic mass is 10.1. The topological polar surface area (TPSA) is 98.9 Å². The van der Waals surface area contributed by atoms with Gasteiger partial charge in [-0.3, -0.25) is 14.5 Å². The third-order valence-electron chi connectivity index (χ3n) is 2.40. The van der Waals surface area contributed by atoms with Crippen LogP contribution in [0.5, 0.6) is 0 Å². The Bertz CT molecular complexity index is 318. The number of ether oxygens (including phenoxy) is 2. The fourth-order valence-corrected chi connectivity index (χ4v) is 1.54. The molecule has 1 unspecified atom stereocenters. The smallest absolute Gasteiger partial charge is 0.404 e. The number of likely N-dealkylation sites (tertiary alicyclic amines) is 1. The number of carbonyl (C=O) groups is 3. The zero-order valence-electron chi connectivity index (χ0n) is 9.68. The Hall–Kier alpha value is -1.63.